The molecule has 3 rings (SSSR count). The standard InChI is InChI=1S/C18H15N3O4/c1-11(22)20-15-10-13(21(24)25)8-9-14(15)16(18(20)23)17(19-2)12-6-4-3-5-7-12/h3-10,19H,1-2H3/b17-16-. The molecule has 1 aliphatic heterocycles. The fourth-order valence-electron chi connectivity index (χ4n) is 2.94. The molecule has 0 saturated carbocycles. The molecule has 0 bridgehead atoms. The van der Waals surface area contributed by atoms with Gasteiger partial charge in [0.1, 0.15) is 0 Å². The maximum Gasteiger partial charge on any atom is 0.271 e. The minimum absolute atomic E-state index is 0.176. The van der Waals surface area contributed by atoms with E-state index in [1.54, 1.807) is 7.05 Å². The van der Waals surface area contributed by atoms with Crippen molar-refractivity contribution in [3.8, 4) is 0 Å². The van der Waals surface area contributed by atoms with Gasteiger partial charge < -0.3 is 5.32 Å². The minimum Gasteiger partial charge on any atom is -0.387 e. The van der Waals surface area contributed by atoms with Crippen LogP contribution in [0.4, 0.5) is 11.4 Å². The molecule has 25 heavy (non-hydrogen) atoms. The Bertz CT molecular complexity index is 919. The van der Waals surface area contributed by atoms with Crippen LogP contribution < -0.4 is 10.2 Å². The van der Waals surface area contributed by atoms with Crippen LogP contribution in [0.2, 0.25) is 0 Å². The maximum absolute atomic E-state index is 12.9. The number of non-ortho nitro benzene ring substituents is 1. The van der Waals surface area contributed by atoms with Gasteiger partial charge in [0.15, 0.2) is 0 Å². The first kappa shape index (κ1) is 16.4. The Morgan fingerprint density at radius 2 is 1.84 bits per heavy atom. The first-order valence-corrected chi connectivity index (χ1v) is 7.57. The van der Waals surface area contributed by atoms with Gasteiger partial charge in [-0.1, -0.05) is 30.3 Å². The highest BCUT2D eigenvalue weighted by molar-refractivity contribution is 6.43. The summed E-state index contributed by atoms with van der Waals surface area (Å²) in [6.07, 6.45) is 0. The Morgan fingerprint density at radius 1 is 1.16 bits per heavy atom. The van der Waals surface area contributed by atoms with Crippen molar-refractivity contribution < 1.29 is 14.5 Å². The number of nitrogens with zero attached hydrogens (tertiary/aromatic N) is 2. The van der Waals surface area contributed by atoms with Crippen molar-refractivity contribution in [3.63, 3.8) is 0 Å². The third-order valence-corrected chi connectivity index (χ3v) is 4.00. The van der Waals surface area contributed by atoms with Gasteiger partial charge in [-0.25, -0.2) is 4.90 Å². The third kappa shape index (κ3) is 2.65. The van der Waals surface area contributed by atoms with Crippen LogP contribution in [0.5, 0.6) is 0 Å². The van der Waals surface area contributed by atoms with E-state index in [4.69, 9.17) is 0 Å². The van der Waals surface area contributed by atoms with Gasteiger partial charge in [0.2, 0.25) is 5.91 Å². The summed E-state index contributed by atoms with van der Waals surface area (Å²) >= 11 is 0. The van der Waals surface area contributed by atoms with Crippen LogP contribution in [-0.4, -0.2) is 23.8 Å². The smallest absolute Gasteiger partial charge is 0.271 e. The van der Waals surface area contributed by atoms with Crippen LogP contribution in [0, 0.1) is 10.1 Å². The summed E-state index contributed by atoms with van der Waals surface area (Å²) in [6.45, 7) is 1.25. The summed E-state index contributed by atoms with van der Waals surface area (Å²) in [4.78, 5) is 36.3. The Balaban J connectivity index is 2.30. The molecule has 1 N–H and O–H groups in total. The molecule has 0 radical (unpaired) electrons. The number of nitro benzene ring substituents is 1. The molecule has 1 aliphatic rings. The topological polar surface area (TPSA) is 92.6 Å². The average molecular weight is 337 g/mol. The number of nitrogens with one attached hydrogen (secondary N) is 1. The largest absolute Gasteiger partial charge is 0.387 e. The van der Waals surface area contributed by atoms with Crippen molar-refractivity contribution in [3.05, 3.63) is 69.8 Å². The lowest BCUT2D eigenvalue weighted by Gasteiger charge is -2.13. The maximum atomic E-state index is 12.9. The van der Waals surface area contributed by atoms with Crippen molar-refractivity contribution in [2.75, 3.05) is 11.9 Å². The van der Waals surface area contributed by atoms with E-state index < -0.39 is 16.7 Å². The van der Waals surface area contributed by atoms with E-state index in [-0.39, 0.29) is 11.4 Å². The first-order valence-electron chi connectivity index (χ1n) is 7.57. The second kappa shape index (κ2) is 6.20. The SMILES string of the molecule is CN/C(=C1\C(=O)N(C(C)=O)c2cc([N+](=O)[O-])ccc21)c1ccccc1. The zero-order chi connectivity index (χ0) is 18.1. The van der Waals surface area contributed by atoms with Crippen molar-refractivity contribution in [2.45, 2.75) is 6.92 Å². The molecule has 0 fully saturated rings. The lowest BCUT2D eigenvalue weighted by molar-refractivity contribution is -0.384. The number of anilines is 1. The molecule has 2 aromatic rings. The van der Waals surface area contributed by atoms with E-state index in [0.29, 0.717) is 16.8 Å². The van der Waals surface area contributed by atoms with E-state index in [9.17, 15) is 19.7 Å². The van der Waals surface area contributed by atoms with Crippen molar-refractivity contribution in [2.24, 2.45) is 0 Å². The van der Waals surface area contributed by atoms with Gasteiger partial charge >= 0.3 is 0 Å². The van der Waals surface area contributed by atoms with Crippen LogP contribution in [0.3, 0.4) is 0 Å². The third-order valence-electron chi connectivity index (χ3n) is 4.00. The molecule has 0 aromatic heterocycles. The van der Waals surface area contributed by atoms with Crippen LogP contribution in [-0.2, 0) is 9.59 Å². The molecule has 2 amide bonds. The molecule has 0 unspecified atom stereocenters. The molecule has 0 atom stereocenters. The first-order chi connectivity index (χ1) is 12.0. The molecule has 7 heteroatoms. The van der Waals surface area contributed by atoms with Crippen molar-refractivity contribution in [1.29, 1.82) is 0 Å². The zero-order valence-corrected chi connectivity index (χ0v) is 13.6. The summed E-state index contributed by atoms with van der Waals surface area (Å²) in [7, 11) is 1.68. The van der Waals surface area contributed by atoms with Crippen molar-refractivity contribution >= 4 is 34.5 Å². The molecule has 126 valence electrons. The monoisotopic (exact) mass is 337 g/mol. The highest BCUT2D eigenvalue weighted by atomic mass is 16.6. The number of carbonyl (C=O) groups excluding carboxylic acids is 2. The lowest BCUT2D eigenvalue weighted by Crippen LogP contribution is -2.31. The van der Waals surface area contributed by atoms with Crippen molar-refractivity contribution in [1.82, 2.24) is 5.32 Å². The summed E-state index contributed by atoms with van der Waals surface area (Å²) in [6, 6.07) is 13.3. The quantitative estimate of drug-likeness (QED) is 0.528. The highest BCUT2D eigenvalue weighted by Gasteiger charge is 2.38. The van der Waals surface area contributed by atoms with Gasteiger partial charge in [0, 0.05) is 31.7 Å². The van der Waals surface area contributed by atoms with Gasteiger partial charge in [-0.05, 0) is 11.6 Å². The normalized spacial score (nSPS) is 15.0. The Kier molecular flexibility index (Phi) is 4.06. The Labute approximate surface area is 143 Å². The number of hydrogen-bond acceptors (Lipinski definition) is 5. The predicted molar refractivity (Wildman–Crippen MR) is 93.6 cm³/mol. The number of benzene rings is 2. The van der Waals surface area contributed by atoms with Gasteiger partial charge in [0.25, 0.3) is 11.6 Å². The number of nitro groups is 1. The van der Waals surface area contributed by atoms with E-state index in [1.807, 2.05) is 30.3 Å². The summed E-state index contributed by atoms with van der Waals surface area (Å²) in [5.41, 5.74) is 2.19. The van der Waals surface area contributed by atoms with E-state index in [1.165, 1.54) is 25.1 Å². The van der Waals surface area contributed by atoms with E-state index in [0.717, 1.165) is 10.5 Å². The number of carbonyl (C=O) groups is 2. The molecular weight excluding hydrogens is 322 g/mol. The second-order valence-electron chi connectivity index (χ2n) is 5.48. The molecule has 7 nitrogen and oxygen atoms in total. The molecule has 2 aromatic carbocycles. The fourth-order valence-corrected chi connectivity index (χ4v) is 2.94. The van der Waals surface area contributed by atoms with Crippen LogP contribution in [0.25, 0.3) is 11.3 Å². The zero-order valence-electron chi connectivity index (χ0n) is 13.6. The van der Waals surface area contributed by atoms with Crippen LogP contribution in [0.15, 0.2) is 48.5 Å². The van der Waals surface area contributed by atoms with Gasteiger partial charge in [-0.3, -0.25) is 19.7 Å². The molecule has 0 spiro atoms. The van der Waals surface area contributed by atoms with E-state index >= 15 is 0 Å². The fraction of sp³-hybridized carbons (Fsp3) is 0.111. The summed E-state index contributed by atoms with van der Waals surface area (Å²) in [5, 5.41) is 14.1. The number of amides is 2. The van der Waals surface area contributed by atoms with Gasteiger partial charge in [0.05, 0.1) is 21.9 Å². The predicted octanol–water partition coefficient (Wildman–Crippen LogP) is 2.58. The molecular formula is C18H15N3O4. The summed E-state index contributed by atoms with van der Waals surface area (Å²) in [5.74, 6) is -0.999. The lowest BCUT2D eigenvalue weighted by atomic mass is 10.0. The van der Waals surface area contributed by atoms with Crippen LogP contribution >= 0.6 is 0 Å². The highest BCUT2D eigenvalue weighted by Crippen LogP contribution is 2.41. The van der Waals surface area contributed by atoms with Crippen LogP contribution in [0.1, 0.15) is 18.1 Å². The summed E-state index contributed by atoms with van der Waals surface area (Å²) < 4.78 is 0. The van der Waals surface area contributed by atoms with Gasteiger partial charge in [-0.2, -0.15) is 0 Å². The second-order valence-corrected chi connectivity index (χ2v) is 5.48. The number of imide groups is 1. The number of fused-ring (bicyclic) bond motifs is 1. The molecule has 0 saturated heterocycles. The number of hydrogen-bond donors (Lipinski definition) is 1. The Hall–Kier alpha value is -3.48. The average Bonchev–Trinajstić information content (AvgIpc) is 2.88. The molecule has 1 heterocycles. The molecule has 0 aliphatic carbocycles. The number of rotatable bonds is 3. The Morgan fingerprint density at radius 3 is 2.40 bits per heavy atom. The van der Waals surface area contributed by atoms with E-state index in [2.05, 4.69) is 5.32 Å². The van der Waals surface area contributed by atoms with Gasteiger partial charge in [-0.15, -0.1) is 0 Å². The minimum atomic E-state index is -0.555.